The molecule has 2 aliphatic heterocycles. The van der Waals surface area contributed by atoms with Gasteiger partial charge in [0.15, 0.2) is 0 Å². The van der Waals surface area contributed by atoms with Crippen LogP contribution in [0.5, 0.6) is 0 Å². The molecule has 2 saturated heterocycles. The van der Waals surface area contributed by atoms with Gasteiger partial charge in [-0.2, -0.15) is 0 Å². The molecule has 4 heteroatoms. The zero-order valence-corrected chi connectivity index (χ0v) is 13.5. The van der Waals surface area contributed by atoms with Gasteiger partial charge in [0.05, 0.1) is 0 Å². The van der Waals surface area contributed by atoms with Crippen LogP contribution in [-0.4, -0.2) is 58.7 Å². The second-order valence-electron chi connectivity index (χ2n) is 7.73. The number of aromatic nitrogens is 1. The fourth-order valence-electron chi connectivity index (χ4n) is 4.79. The van der Waals surface area contributed by atoms with Gasteiger partial charge >= 0.3 is 0 Å². The topological polar surface area (TPSA) is 42.5 Å². The molecule has 2 N–H and O–H groups in total. The van der Waals surface area contributed by atoms with Crippen LogP contribution in [-0.2, 0) is 6.54 Å². The van der Waals surface area contributed by atoms with Gasteiger partial charge < -0.3 is 10.1 Å². The SMILES string of the molecule is OCC1CN(C2CCC2)CC12CCN(Cc1ccc[nH]1)CC2. The van der Waals surface area contributed by atoms with Crippen LogP contribution in [0.2, 0.25) is 0 Å². The normalized spacial score (nSPS) is 30.0. The summed E-state index contributed by atoms with van der Waals surface area (Å²) in [4.78, 5) is 8.58. The quantitative estimate of drug-likeness (QED) is 0.895. The summed E-state index contributed by atoms with van der Waals surface area (Å²) >= 11 is 0. The molecule has 1 aromatic heterocycles. The Balaban J connectivity index is 1.37. The molecule has 4 nitrogen and oxygen atoms in total. The van der Waals surface area contributed by atoms with E-state index in [2.05, 4.69) is 26.9 Å². The van der Waals surface area contributed by atoms with Crippen LogP contribution < -0.4 is 0 Å². The fourth-order valence-corrected chi connectivity index (χ4v) is 4.79. The highest BCUT2D eigenvalue weighted by Crippen LogP contribution is 2.46. The predicted octanol–water partition coefficient (Wildman–Crippen LogP) is 2.07. The minimum absolute atomic E-state index is 0.375. The first-order valence-corrected chi connectivity index (χ1v) is 8.99. The van der Waals surface area contributed by atoms with Crippen LogP contribution in [0.25, 0.3) is 0 Å². The number of hydrogen-bond donors (Lipinski definition) is 2. The van der Waals surface area contributed by atoms with Crippen LogP contribution in [0.15, 0.2) is 18.3 Å². The van der Waals surface area contributed by atoms with E-state index in [9.17, 15) is 5.11 Å². The Bertz CT molecular complexity index is 475. The summed E-state index contributed by atoms with van der Waals surface area (Å²) in [6.45, 7) is 6.14. The number of aliphatic hydroxyl groups excluding tert-OH is 1. The molecule has 1 saturated carbocycles. The van der Waals surface area contributed by atoms with Gasteiger partial charge in [-0.15, -0.1) is 0 Å². The van der Waals surface area contributed by atoms with Crippen LogP contribution >= 0.6 is 0 Å². The van der Waals surface area contributed by atoms with E-state index in [0.717, 1.165) is 19.1 Å². The van der Waals surface area contributed by atoms with E-state index in [4.69, 9.17) is 0 Å². The summed E-state index contributed by atoms with van der Waals surface area (Å²) in [7, 11) is 0. The van der Waals surface area contributed by atoms with Crippen LogP contribution in [0.4, 0.5) is 0 Å². The average molecular weight is 303 g/mol. The Morgan fingerprint density at radius 1 is 1.27 bits per heavy atom. The summed E-state index contributed by atoms with van der Waals surface area (Å²) in [5, 5.41) is 9.90. The molecule has 1 aliphatic carbocycles. The zero-order chi connectivity index (χ0) is 15.0. The summed E-state index contributed by atoms with van der Waals surface area (Å²) in [5.74, 6) is 0.501. The molecule has 3 heterocycles. The van der Waals surface area contributed by atoms with E-state index in [1.54, 1.807) is 0 Å². The van der Waals surface area contributed by atoms with E-state index in [0.29, 0.717) is 17.9 Å². The Hall–Kier alpha value is -0.840. The standard InChI is InChI=1S/C18H29N3O/c22-13-15-11-21(17-4-1-5-17)14-18(15)6-9-20(10-7-18)12-16-3-2-8-19-16/h2-3,8,15,17,19,22H,1,4-7,9-14H2. The maximum absolute atomic E-state index is 9.90. The van der Waals surface area contributed by atoms with Crippen molar-refractivity contribution in [2.45, 2.75) is 44.7 Å². The number of hydrogen-bond acceptors (Lipinski definition) is 3. The molecule has 22 heavy (non-hydrogen) atoms. The molecular weight excluding hydrogens is 274 g/mol. The van der Waals surface area contributed by atoms with E-state index in [1.165, 1.54) is 57.4 Å². The van der Waals surface area contributed by atoms with Crippen molar-refractivity contribution in [3.8, 4) is 0 Å². The smallest absolute Gasteiger partial charge is 0.0477 e. The molecule has 1 aromatic rings. The number of aromatic amines is 1. The van der Waals surface area contributed by atoms with Gasteiger partial charge in [-0.25, -0.2) is 0 Å². The number of H-pyrrole nitrogens is 1. The van der Waals surface area contributed by atoms with Gasteiger partial charge in [-0.3, -0.25) is 9.80 Å². The number of nitrogens with one attached hydrogen (secondary N) is 1. The van der Waals surface area contributed by atoms with Crippen molar-refractivity contribution in [1.29, 1.82) is 0 Å². The van der Waals surface area contributed by atoms with Crippen molar-refractivity contribution >= 4 is 0 Å². The predicted molar refractivity (Wildman–Crippen MR) is 87.5 cm³/mol. The lowest BCUT2D eigenvalue weighted by molar-refractivity contribution is 0.0450. The third kappa shape index (κ3) is 2.61. The first kappa shape index (κ1) is 14.7. The first-order chi connectivity index (χ1) is 10.8. The highest BCUT2D eigenvalue weighted by atomic mass is 16.3. The summed E-state index contributed by atoms with van der Waals surface area (Å²) < 4.78 is 0. The molecule has 1 unspecified atom stereocenters. The molecule has 1 spiro atoms. The molecule has 1 atom stereocenters. The molecule has 122 valence electrons. The highest BCUT2D eigenvalue weighted by Gasteiger charge is 2.49. The van der Waals surface area contributed by atoms with Gasteiger partial charge in [0.2, 0.25) is 0 Å². The molecular formula is C18H29N3O. The Morgan fingerprint density at radius 3 is 2.68 bits per heavy atom. The van der Waals surface area contributed by atoms with Crippen molar-refractivity contribution in [1.82, 2.24) is 14.8 Å². The van der Waals surface area contributed by atoms with Crippen LogP contribution in [0.3, 0.4) is 0 Å². The molecule has 4 rings (SSSR count). The number of likely N-dealkylation sites (tertiary alicyclic amines) is 2. The number of aliphatic hydroxyl groups is 1. The molecule has 0 radical (unpaired) electrons. The third-order valence-electron chi connectivity index (χ3n) is 6.56. The van der Waals surface area contributed by atoms with E-state index in [-0.39, 0.29) is 0 Å². The lowest BCUT2D eigenvalue weighted by atomic mass is 9.71. The molecule has 0 amide bonds. The first-order valence-electron chi connectivity index (χ1n) is 8.99. The highest BCUT2D eigenvalue weighted by molar-refractivity contribution is 5.05. The van der Waals surface area contributed by atoms with Crippen LogP contribution in [0.1, 0.15) is 37.8 Å². The zero-order valence-electron chi connectivity index (χ0n) is 13.5. The Kier molecular flexibility index (Phi) is 4.01. The van der Waals surface area contributed by atoms with E-state index < -0.39 is 0 Å². The largest absolute Gasteiger partial charge is 0.396 e. The number of piperidine rings is 1. The van der Waals surface area contributed by atoms with E-state index >= 15 is 0 Å². The molecule has 3 fully saturated rings. The maximum atomic E-state index is 9.90. The van der Waals surface area contributed by atoms with Crippen molar-refractivity contribution in [3.05, 3.63) is 24.0 Å². The van der Waals surface area contributed by atoms with Crippen molar-refractivity contribution in [2.24, 2.45) is 11.3 Å². The average Bonchev–Trinajstić information content (AvgIpc) is 3.08. The lowest BCUT2D eigenvalue weighted by Gasteiger charge is -2.43. The molecule has 0 aromatic carbocycles. The second-order valence-corrected chi connectivity index (χ2v) is 7.73. The summed E-state index contributed by atoms with van der Waals surface area (Å²) in [6.07, 6.45) is 8.68. The van der Waals surface area contributed by atoms with Gasteiger partial charge in [-0.05, 0) is 56.3 Å². The minimum Gasteiger partial charge on any atom is -0.396 e. The molecule has 3 aliphatic rings. The van der Waals surface area contributed by atoms with Crippen LogP contribution in [0, 0.1) is 11.3 Å². The van der Waals surface area contributed by atoms with Gasteiger partial charge in [-0.1, -0.05) is 6.42 Å². The summed E-state index contributed by atoms with van der Waals surface area (Å²) in [5.41, 5.74) is 1.70. The Morgan fingerprint density at radius 2 is 2.09 bits per heavy atom. The summed E-state index contributed by atoms with van der Waals surface area (Å²) in [6, 6.07) is 5.08. The second kappa shape index (κ2) is 5.99. The van der Waals surface area contributed by atoms with Gasteiger partial charge in [0, 0.05) is 50.1 Å². The minimum atomic E-state index is 0.375. The fraction of sp³-hybridized carbons (Fsp3) is 0.778. The maximum Gasteiger partial charge on any atom is 0.0477 e. The Labute approximate surface area is 133 Å². The van der Waals surface area contributed by atoms with Crippen molar-refractivity contribution in [3.63, 3.8) is 0 Å². The number of rotatable bonds is 4. The third-order valence-corrected chi connectivity index (χ3v) is 6.56. The molecule has 0 bridgehead atoms. The van der Waals surface area contributed by atoms with Gasteiger partial charge in [0.25, 0.3) is 0 Å². The van der Waals surface area contributed by atoms with Crippen molar-refractivity contribution in [2.75, 3.05) is 32.8 Å². The number of nitrogens with zero attached hydrogens (tertiary/aromatic N) is 2. The van der Waals surface area contributed by atoms with Gasteiger partial charge in [0.1, 0.15) is 0 Å². The van der Waals surface area contributed by atoms with E-state index in [1.807, 2.05) is 6.20 Å². The monoisotopic (exact) mass is 303 g/mol. The van der Waals surface area contributed by atoms with Crippen molar-refractivity contribution < 1.29 is 5.11 Å². The lowest BCUT2D eigenvalue weighted by Crippen LogP contribution is -2.45.